The zero-order chi connectivity index (χ0) is 27.4. The van der Waals surface area contributed by atoms with Crippen molar-refractivity contribution in [2.45, 2.75) is 141 Å². The van der Waals surface area contributed by atoms with Gasteiger partial charge in [0.25, 0.3) is 0 Å². The minimum Gasteiger partial charge on any atom is -0.469 e. The Kier molecular flexibility index (Phi) is 14.4. The Hall–Kier alpha value is -0.773. The maximum atomic E-state index is 11.7. The molecule has 1 aliphatic rings. The first kappa shape index (κ1) is 33.3. The van der Waals surface area contributed by atoms with Gasteiger partial charge in [0, 0.05) is 13.5 Å². The lowest BCUT2D eigenvalue weighted by Crippen LogP contribution is -2.47. The van der Waals surface area contributed by atoms with E-state index in [0.717, 1.165) is 12.8 Å². The summed E-state index contributed by atoms with van der Waals surface area (Å²) in [5.41, 5.74) is 0. The second kappa shape index (κ2) is 15.6. The maximum Gasteiger partial charge on any atom is 0.305 e. The molecule has 1 saturated heterocycles. The minimum absolute atomic E-state index is 0.0483. The van der Waals surface area contributed by atoms with Crippen LogP contribution in [0.5, 0.6) is 0 Å². The smallest absolute Gasteiger partial charge is 0.305 e. The number of esters is 1. The molecule has 0 aromatic heterocycles. The molecule has 0 unspecified atom stereocenters. The van der Waals surface area contributed by atoms with Crippen LogP contribution < -0.4 is 0 Å². The van der Waals surface area contributed by atoms with Crippen LogP contribution in [0.4, 0.5) is 0 Å². The first-order valence-electron chi connectivity index (χ1n) is 13.6. The van der Waals surface area contributed by atoms with Crippen LogP contribution in [-0.4, -0.2) is 65.5 Å². The summed E-state index contributed by atoms with van der Waals surface area (Å²) in [5.74, 6) is -0.939. The molecule has 4 atom stereocenters. The predicted molar refractivity (Wildman–Crippen MR) is 146 cm³/mol. The van der Waals surface area contributed by atoms with Gasteiger partial charge in [-0.25, -0.2) is 0 Å². The number of ether oxygens (including phenoxy) is 5. The third-order valence-corrected chi connectivity index (χ3v) is 11.7. The molecule has 0 spiro atoms. The summed E-state index contributed by atoms with van der Waals surface area (Å²) in [6, 6.07) is 0. The lowest BCUT2D eigenvalue weighted by molar-refractivity contribution is -0.148. The van der Waals surface area contributed by atoms with Crippen LogP contribution in [0.1, 0.15) is 92.9 Å². The van der Waals surface area contributed by atoms with Crippen molar-refractivity contribution in [1.29, 1.82) is 0 Å². The van der Waals surface area contributed by atoms with Gasteiger partial charge in [0.05, 0.1) is 25.4 Å². The molecule has 1 aliphatic heterocycles. The van der Waals surface area contributed by atoms with E-state index in [9.17, 15) is 4.79 Å². The molecular formula is C28H54O7Si. The third kappa shape index (κ3) is 11.7. The molecule has 0 aliphatic carbocycles. The number of carbonyl (C=O) groups excluding carboxylic acids is 1. The number of rotatable bonds is 17. The molecule has 0 aromatic carbocycles. The quantitative estimate of drug-likeness (QED) is 0.0676. The largest absolute Gasteiger partial charge is 0.469 e. The maximum absolute atomic E-state index is 11.7. The molecular weight excluding hydrogens is 476 g/mol. The first-order valence-corrected chi connectivity index (χ1v) is 16.5. The SMILES string of the molecule is CCCCCC[C@H](OCOC)[C@H](C/C=C/[C@H]1OC(C)(C)O[C@@H]1CCC(=O)OC)O[Si](C)(C)C(C)(C)C. The van der Waals surface area contributed by atoms with Gasteiger partial charge in [0.15, 0.2) is 14.1 Å². The fourth-order valence-corrected chi connectivity index (χ4v) is 5.45. The summed E-state index contributed by atoms with van der Waals surface area (Å²) in [5, 5.41) is 0.0917. The zero-order valence-electron chi connectivity index (χ0n) is 24.7. The lowest BCUT2D eigenvalue weighted by atomic mass is 10.0. The van der Waals surface area contributed by atoms with Gasteiger partial charge in [0.1, 0.15) is 12.9 Å². The Balaban J connectivity index is 3.03. The van der Waals surface area contributed by atoms with Gasteiger partial charge in [-0.15, -0.1) is 0 Å². The number of carbonyl (C=O) groups is 1. The van der Waals surface area contributed by atoms with Gasteiger partial charge < -0.3 is 28.1 Å². The summed E-state index contributed by atoms with van der Waals surface area (Å²) >= 11 is 0. The van der Waals surface area contributed by atoms with Crippen LogP contribution in [0.15, 0.2) is 12.2 Å². The molecule has 0 N–H and O–H groups in total. The van der Waals surface area contributed by atoms with Crippen LogP contribution in [0, 0.1) is 0 Å². The summed E-state index contributed by atoms with van der Waals surface area (Å²) in [4.78, 5) is 11.7. The van der Waals surface area contributed by atoms with Gasteiger partial charge in [0.2, 0.25) is 0 Å². The standard InChI is InChI=1S/C28H54O7Si/c1-11-12-13-14-16-22(32-21-30-7)25(35-36(9,10)27(2,3)4)18-15-17-23-24(19-20-26(29)31-8)34-28(5,6)33-23/h15,17,22-25H,11-14,16,18-21H2,1-10H3/b17-15+/t22-,23+,24+,25-/m0/s1. The molecule has 8 heteroatoms. The molecule has 7 nitrogen and oxygen atoms in total. The van der Waals surface area contributed by atoms with E-state index in [-0.39, 0.29) is 42.2 Å². The molecule has 0 bridgehead atoms. The van der Waals surface area contributed by atoms with E-state index < -0.39 is 14.1 Å². The number of methoxy groups -OCH3 is 2. The summed E-state index contributed by atoms with van der Waals surface area (Å²) < 4.78 is 35.4. The van der Waals surface area contributed by atoms with Crippen molar-refractivity contribution in [3.05, 3.63) is 12.2 Å². The van der Waals surface area contributed by atoms with Crippen molar-refractivity contribution in [3.8, 4) is 0 Å². The van der Waals surface area contributed by atoms with Crippen LogP contribution in [0.25, 0.3) is 0 Å². The molecule has 36 heavy (non-hydrogen) atoms. The summed E-state index contributed by atoms with van der Waals surface area (Å²) in [7, 11) is 1.03. The zero-order valence-corrected chi connectivity index (χ0v) is 25.7. The van der Waals surface area contributed by atoms with E-state index in [1.165, 1.54) is 26.4 Å². The molecule has 1 fully saturated rings. The lowest BCUT2D eigenvalue weighted by Gasteiger charge is -2.41. The van der Waals surface area contributed by atoms with Crippen molar-refractivity contribution in [3.63, 3.8) is 0 Å². The molecule has 0 radical (unpaired) electrons. The second-order valence-corrected chi connectivity index (χ2v) is 16.6. The Morgan fingerprint density at radius 2 is 1.78 bits per heavy atom. The van der Waals surface area contributed by atoms with Gasteiger partial charge in [-0.2, -0.15) is 0 Å². The highest BCUT2D eigenvalue weighted by atomic mass is 28.4. The Labute approximate surface area is 221 Å². The van der Waals surface area contributed by atoms with Crippen molar-refractivity contribution in [2.75, 3.05) is 21.0 Å². The Morgan fingerprint density at radius 1 is 1.08 bits per heavy atom. The summed E-state index contributed by atoms with van der Waals surface area (Å²) in [6.07, 6.45) is 10.8. The fourth-order valence-electron chi connectivity index (χ4n) is 4.09. The van der Waals surface area contributed by atoms with Crippen molar-refractivity contribution >= 4 is 14.3 Å². The monoisotopic (exact) mass is 530 g/mol. The number of hydrogen-bond donors (Lipinski definition) is 0. The van der Waals surface area contributed by atoms with E-state index in [4.69, 9.17) is 28.1 Å². The van der Waals surface area contributed by atoms with E-state index >= 15 is 0 Å². The van der Waals surface area contributed by atoms with Gasteiger partial charge in [-0.05, 0) is 51.2 Å². The van der Waals surface area contributed by atoms with E-state index in [0.29, 0.717) is 19.3 Å². The predicted octanol–water partition coefficient (Wildman–Crippen LogP) is 6.76. The molecule has 1 heterocycles. The highest BCUT2D eigenvalue weighted by molar-refractivity contribution is 6.74. The molecule has 0 saturated carbocycles. The van der Waals surface area contributed by atoms with E-state index in [1.54, 1.807) is 7.11 Å². The third-order valence-electron chi connectivity index (χ3n) is 7.19. The molecule has 1 rings (SSSR count). The van der Waals surface area contributed by atoms with Gasteiger partial charge in [-0.3, -0.25) is 4.79 Å². The van der Waals surface area contributed by atoms with Gasteiger partial charge >= 0.3 is 5.97 Å². The second-order valence-electron chi connectivity index (χ2n) is 11.8. The van der Waals surface area contributed by atoms with E-state index in [2.05, 4.69) is 52.9 Å². The fraction of sp³-hybridized carbons (Fsp3) is 0.893. The number of hydrogen-bond acceptors (Lipinski definition) is 7. The van der Waals surface area contributed by atoms with Crippen molar-refractivity contribution in [2.24, 2.45) is 0 Å². The van der Waals surface area contributed by atoms with Gasteiger partial charge in [-0.1, -0.05) is 65.5 Å². The molecule has 0 amide bonds. The summed E-state index contributed by atoms with van der Waals surface area (Å²) in [6.45, 7) is 17.6. The Bertz CT molecular complexity index is 657. The number of unbranched alkanes of at least 4 members (excludes halogenated alkanes) is 3. The first-order chi connectivity index (χ1) is 16.8. The average Bonchev–Trinajstić information content (AvgIpc) is 3.08. The van der Waals surface area contributed by atoms with Crippen LogP contribution in [0.3, 0.4) is 0 Å². The highest BCUT2D eigenvalue weighted by Gasteiger charge is 2.42. The average molecular weight is 531 g/mol. The highest BCUT2D eigenvalue weighted by Crippen LogP contribution is 2.39. The van der Waals surface area contributed by atoms with E-state index in [1.807, 2.05) is 13.8 Å². The topological polar surface area (TPSA) is 72.5 Å². The normalized spacial score (nSPS) is 22.2. The Morgan fingerprint density at radius 3 is 2.36 bits per heavy atom. The van der Waals surface area contributed by atoms with Crippen LogP contribution >= 0.6 is 0 Å². The van der Waals surface area contributed by atoms with Crippen LogP contribution in [0.2, 0.25) is 18.1 Å². The van der Waals surface area contributed by atoms with Crippen molar-refractivity contribution < 1.29 is 32.9 Å². The van der Waals surface area contributed by atoms with Crippen LogP contribution in [-0.2, 0) is 32.9 Å². The minimum atomic E-state index is -2.03. The molecule has 212 valence electrons. The molecule has 0 aromatic rings. The van der Waals surface area contributed by atoms with Crippen molar-refractivity contribution in [1.82, 2.24) is 0 Å².